The highest BCUT2D eigenvalue weighted by Crippen LogP contribution is 2.15. The lowest BCUT2D eigenvalue weighted by Gasteiger charge is -2.18. The molecular weight excluding hydrogens is 793 g/mol. The van der Waals surface area contributed by atoms with E-state index in [-0.39, 0.29) is 37.5 Å². The van der Waals surface area contributed by atoms with Crippen LogP contribution >= 0.6 is 0 Å². The topological polar surface area (TPSA) is 78.9 Å². The Labute approximate surface area is 395 Å². The third kappa shape index (κ3) is 49.9. The Morgan fingerprint density at radius 3 is 1.02 bits per heavy atom. The lowest BCUT2D eigenvalue weighted by molar-refractivity contribution is -0.167. The fourth-order valence-electron chi connectivity index (χ4n) is 7.41. The first-order chi connectivity index (χ1) is 31.5. The minimum atomic E-state index is -0.800. The van der Waals surface area contributed by atoms with E-state index in [0.29, 0.717) is 19.3 Å². The Morgan fingerprint density at radius 1 is 0.328 bits per heavy atom. The lowest BCUT2D eigenvalue weighted by Crippen LogP contribution is -2.30. The number of carbonyl (C=O) groups excluding carboxylic acids is 3. The van der Waals surface area contributed by atoms with Gasteiger partial charge in [-0.1, -0.05) is 229 Å². The summed E-state index contributed by atoms with van der Waals surface area (Å²) in [6.07, 6.45) is 66.0. The zero-order valence-corrected chi connectivity index (χ0v) is 42.0. The third-order valence-corrected chi connectivity index (χ3v) is 11.4. The molecule has 0 aliphatic carbocycles. The number of rotatable bonds is 48. The van der Waals surface area contributed by atoms with Crippen LogP contribution in [0.4, 0.5) is 0 Å². The van der Waals surface area contributed by atoms with Crippen LogP contribution in [0.1, 0.15) is 258 Å². The molecule has 1 unspecified atom stereocenters. The van der Waals surface area contributed by atoms with Crippen molar-refractivity contribution in [3.63, 3.8) is 0 Å². The molecule has 1 atom stereocenters. The van der Waals surface area contributed by atoms with E-state index in [1.807, 2.05) is 0 Å². The van der Waals surface area contributed by atoms with Crippen molar-refractivity contribution >= 4 is 17.9 Å². The number of unbranched alkanes of at least 4 members (excludes halogenated alkanes) is 25. The second-order valence-electron chi connectivity index (χ2n) is 17.8. The minimum Gasteiger partial charge on any atom is -0.462 e. The minimum absolute atomic E-state index is 0.0947. The summed E-state index contributed by atoms with van der Waals surface area (Å²) >= 11 is 0. The lowest BCUT2D eigenvalue weighted by atomic mass is 10.0. The van der Waals surface area contributed by atoms with Crippen molar-refractivity contribution in [2.45, 2.75) is 264 Å². The molecule has 0 spiro atoms. The Balaban J connectivity index is 4.47. The van der Waals surface area contributed by atoms with Gasteiger partial charge in [0.25, 0.3) is 0 Å². The Kier molecular flexibility index (Phi) is 49.9. The molecule has 6 nitrogen and oxygen atoms in total. The fourth-order valence-corrected chi connectivity index (χ4v) is 7.41. The predicted molar refractivity (Wildman–Crippen MR) is 274 cm³/mol. The van der Waals surface area contributed by atoms with E-state index in [1.165, 1.54) is 122 Å². The zero-order chi connectivity index (χ0) is 46.5. The normalized spacial score (nSPS) is 12.6. The van der Waals surface area contributed by atoms with Crippen LogP contribution in [-0.2, 0) is 28.6 Å². The van der Waals surface area contributed by atoms with Crippen molar-refractivity contribution in [1.29, 1.82) is 0 Å². The molecule has 0 amide bonds. The summed E-state index contributed by atoms with van der Waals surface area (Å²) in [5.74, 6) is -0.958. The van der Waals surface area contributed by atoms with E-state index in [4.69, 9.17) is 14.2 Å². The zero-order valence-electron chi connectivity index (χ0n) is 42.0. The maximum Gasteiger partial charge on any atom is 0.306 e. The molecule has 0 aromatic heterocycles. The average molecular weight is 893 g/mol. The van der Waals surface area contributed by atoms with Crippen molar-refractivity contribution in [3.8, 4) is 0 Å². The first-order valence-electron chi connectivity index (χ1n) is 26.9. The molecule has 0 fully saturated rings. The summed E-state index contributed by atoms with van der Waals surface area (Å²) in [5.41, 5.74) is 0. The summed E-state index contributed by atoms with van der Waals surface area (Å²) in [6, 6.07) is 0. The van der Waals surface area contributed by atoms with Gasteiger partial charge in [-0.15, -0.1) is 0 Å². The highest BCUT2D eigenvalue weighted by atomic mass is 16.6. The predicted octanol–water partition coefficient (Wildman–Crippen LogP) is 17.8. The van der Waals surface area contributed by atoms with Crippen molar-refractivity contribution in [2.75, 3.05) is 13.2 Å². The van der Waals surface area contributed by atoms with Crippen molar-refractivity contribution in [2.24, 2.45) is 0 Å². The van der Waals surface area contributed by atoms with Gasteiger partial charge in [0.1, 0.15) is 13.2 Å². The van der Waals surface area contributed by atoms with Gasteiger partial charge in [0.15, 0.2) is 6.10 Å². The highest BCUT2D eigenvalue weighted by molar-refractivity contribution is 5.71. The van der Waals surface area contributed by atoms with Gasteiger partial charge in [0, 0.05) is 19.3 Å². The first kappa shape index (κ1) is 60.9. The van der Waals surface area contributed by atoms with Crippen LogP contribution in [0.5, 0.6) is 0 Å². The molecule has 0 aromatic carbocycles. The number of hydrogen-bond acceptors (Lipinski definition) is 6. The molecular formula is C58H100O6. The molecule has 0 saturated carbocycles. The number of esters is 3. The van der Waals surface area contributed by atoms with E-state index in [9.17, 15) is 14.4 Å². The summed E-state index contributed by atoms with van der Waals surface area (Å²) in [4.78, 5) is 38.0. The van der Waals surface area contributed by atoms with Crippen LogP contribution < -0.4 is 0 Å². The van der Waals surface area contributed by atoms with Gasteiger partial charge in [-0.3, -0.25) is 14.4 Å². The Morgan fingerprint density at radius 2 is 0.625 bits per heavy atom. The van der Waals surface area contributed by atoms with Crippen LogP contribution in [0.2, 0.25) is 0 Å². The van der Waals surface area contributed by atoms with Gasteiger partial charge in [0.05, 0.1) is 0 Å². The summed E-state index contributed by atoms with van der Waals surface area (Å²) in [6.45, 7) is 6.47. The Bertz CT molecular complexity index is 1210. The summed E-state index contributed by atoms with van der Waals surface area (Å²) in [7, 11) is 0. The molecule has 0 saturated heterocycles. The maximum absolute atomic E-state index is 12.8. The number of ether oxygens (including phenoxy) is 3. The molecule has 0 aliphatic rings. The first-order valence-corrected chi connectivity index (χ1v) is 26.9. The second-order valence-corrected chi connectivity index (χ2v) is 17.8. The van der Waals surface area contributed by atoms with Crippen LogP contribution in [0, 0.1) is 0 Å². The molecule has 0 bridgehead atoms. The monoisotopic (exact) mass is 893 g/mol. The molecule has 0 radical (unpaired) electrons. The molecule has 64 heavy (non-hydrogen) atoms. The van der Waals surface area contributed by atoms with Crippen LogP contribution in [0.15, 0.2) is 72.9 Å². The fraction of sp³-hybridized carbons (Fsp3) is 0.741. The number of hydrogen-bond donors (Lipinski definition) is 0. The number of carbonyl (C=O) groups is 3. The van der Waals surface area contributed by atoms with Gasteiger partial charge >= 0.3 is 17.9 Å². The third-order valence-electron chi connectivity index (χ3n) is 11.4. The van der Waals surface area contributed by atoms with Crippen molar-refractivity contribution < 1.29 is 28.6 Å². The highest BCUT2D eigenvalue weighted by Gasteiger charge is 2.19. The van der Waals surface area contributed by atoms with E-state index >= 15 is 0 Å². The van der Waals surface area contributed by atoms with E-state index in [1.54, 1.807) is 0 Å². The van der Waals surface area contributed by atoms with Crippen LogP contribution in [0.3, 0.4) is 0 Å². The standard InChI is InChI=1S/C58H100O6/c1-4-7-10-13-16-19-22-25-27-29-31-33-36-39-42-45-48-51-57(60)63-54-55(53-62-56(59)50-47-44-41-38-35-32-24-21-18-15-12-9-6-3)64-58(61)52-49-46-43-40-37-34-30-28-26-23-20-17-14-11-8-5-2/h8,11,17,20,25-28,31,33,39,42,55H,4-7,9-10,12-16,18-19,21-24,29-30,32,34-38,40-41,43-54H2,1-3H3/b11-8-,20-17-,27-25-,28-26-,33-31-,42-39-. The van der Waals surface area contributed by atoms with Crippen molar-refractivity contribution in [3.05, 3.63) is 72.9 Å². The maximum atomic E-state index is 12.8. The summed E-state index contributed by atoms with van der Waals surface area (Å²) < 4.78 is 16.8. The largest absolute Gasteiger partial charge is 0.462 e. The van der Waals surface area contributed by atoms with Gasteiger partial charge in [-0.2, -0.15) is 0 Å². The molecule has 368 valence electrons. The van der Waals surface area contributed by atoms with Gasteiger partial charge < -0.3 is 14.2 Å². The SMILES string of the molecule is CC/C=C\C/C=C\C/C=C\CCCCCCCCC(=O)OC(COC(=O)CCC/C=C\C/C=C\C/C=C\CCCCCCCC)COC(=O)CCCCCCCCCCCCCCC. The molecule has 0 aromatic rings. The van der Waals surface area contributed by atoms with Crippen molar-refractivity contribution in [1.82, 2.24) is 0 Å². The van der Waals surface area contributed by atoms with Crippen LogP contribution in [-0.4, -0.2) is 37.2 Å². The molecule has 0 N–H and O–H groups in total. The van der Waals surface area contributed by atoms with Gasteiger partial charge in [-0.05, 0) is 83.5 Å². The molecule has 6 heteroatoms. The number of allylic oxidation sites excluding steroid dienone is 12. The molecule has 0 heterocycles. The van der Waals surface area contributed by atoms with Crippen LogP contribution in [0.25, 0.3) is 0 Å². The molecule has 0 aliphatic heterocycles. The van der Waals surface area contributed by atoms with Gasteiger partial charge in [0.2, 0.25) is 0 Å². The van der Waals surface area contributed by atoms with E-state index < -0.39 is 6.10 Å². The Hall–Kier alpha value is -3.15. The quantitative estimate of drug-likeness (QED) is 0.0262. The average Bonchev–Trinajstić information content (AvgIpc) is 3.29. The molecule has 0 rings (SSSR count). The second kappa shape index (κ2) is 52.5. The smallest absolute Gasteiger partial charge is 0.306 e. The van der Waals surface area contributed by atoms with Gasteiger partial charge in [-0.25, -0.2) is 0 Å². The van der Waals surface area contributed by atoms with E-state index in [2.05, 4.69) is 93.7 Å². The van der Waals surface area contributed by atoms with E-state index in [0.717, 1.165) is 89.9 Å². The summed E-state index contributed by atoms with van der Waals surface area (Å²) in [5, 5.41) is 0.